The number of nitrogen functional groups attached to an aromatic ring is 1. The van der Waals surface area contributed by atoms with Gasteiger partial charge < -0.3 is 5.73 Å². The van der Waals surface area contributed by atoms with Gasteiger partial charge in [0.1, 0.15) is 0 Å². The summed E-state index contributed by atoms with van der Waals surface area (Å²) in [6.07, 6.45) is 0. The fraction of sp³-hybridized carbons (Fsp3) is 0.143. The first-order valence-electron chi connectivity index (χ1n) is 3.06. The zero-order chi connectivity index (χ0) is 8.43. The van der Waals surface area contributed by atoms with E-state index in [9.17, 15) is 4.48 Å². The first kappa shape index (κ1) is 8.33. The molecule has 0 fully saturated rings. The van der Waals surface area contributed by atoms with Crippen molar-refractivity contribution in [3.05, 3.63) is 22.7 Å². The minimum atomic E-state index is 0.383. The van der Waals surface area contributed by atoms with Crippen molar-refractivity contribution in [3.8, 4) is 0 Å². The van der Waals surface area contributed by atoms with Crippen molar-refractivity contribution in [2.75, 3.05) is 17.9 Å². The molecule has 0 aliphatic heterocycles. The molecular weight excluding hydrogens is 211 g/mol. The van der Waals surface area contributed by atoms with E-state index in [1.54, 1.807) is 18.2 Å². The summed E-state index contributed by atoms with van der Waals surface area (Å²) in [5.74, 6) is 0. The Morgan fingerprint density at radius 1 is 1.55 bits per heavy atom. The molecule has 0 bridgehead atoms. The van der Waals surface area contributed by atoms with E-state index in [1.165, 1.54) is 7.05 Å². The summed E-state index contributed by atoms with van der Waals surface area (Å²) in [5, 5.41) is 0.488. The smallest absolute Gasteiger partial charge is 0.0914 e. The average molecular weight is 219 g/mol. The molecule has 1 aromatic carbocycles. The highest BCUT2D eigenvalue weighted by Gasteiger charge is 2.02. The Morgan fingerprint density at radius 2 is 2.18 bits per heavy atom. The van der Waals surface area contributed by atoms with Crippen LogP contribution in [0.1, 0.15) is 0 Å². The lowest BCUT2D eigenvalue weighted by molar-refractivity contribution is 0.476. The Labute approximate surface area is 72.9 Å². The normalized spacial score (nSPS) is 9.73. The molecule has 1 aromatic rings. The Morgan fingerprint density at radius 3 is 2.64 bits per heavy atom. The summed E-state index contributed by atoms with van der Waals surface area (Å²) < 4.78 is 13.4. The van der Waals surface area contributed by atoms with Crippen molar-refractivity contribution in [3.63, 3.8) is 0 Å². The van der Waals surface area contributed by atoms with Crippen LogP contribution in [0.15, 0.2) is 22.7 Å². The first-order chi connectivity index (χ1) is 5.11. The Balaban J connectivity index is 3.09. The van der Waals surface area contributed by atoms with Gasteiger partial charge in [-0.15, -0.1) is 4.48 Å². The first-order valence-corrected chi connectivity index (χ1v) is 3.85. The van der Waals surface area contributed by atoms with E-state index in [2.05, 4.69) is 15.9 Å². The van der Waals surface area contributed by atoms with Gasteiger partial charge in [0, 0.05) is 11.5 Å². The summed E-state index contributed by atoms with van der Waals surface area (Å²) in [7, 11) is 1.31. The maximum atomic E-state index is 12.6. The highest BCUT2D eigenvalue weighted by Crippen LogP contribution is 2.25. The number of benzene rings is 1. The van der Waals surface area contributed by atoms with E-state index in [0.29, 0.717) is 16.5 Å². The van der Waals surface area contributed by atoms with Crippen molar-refractivity contribution in [1.82, 2.24) is 0 Å². The third-order valence-electron chi connectivity index (χ3n) is 1.32. The zero-order valence-corrected chi connectivity index (χ0v) is 7.60. The van der Waals surface area contributed by atoms with Crippen molar-refractivity contribution in [1.29, 1.82) is 0 Å². The lowest BCUT2D eigenvalue weighted by Gasteiger charge is -2.09. The largest absolute Gasteiger partial charge is 0.397 e. The summed E-state index contributed by atoms with van der Waals surface area (Å²) >= 11 is 3.22. The van der Waals surface area contributed by atoms with Gasteiger partial charge in [0.15, 0.2) is 0 Å². The molecule has 0 atom stereocenters. The average Bonchev–Trinajstić information content (AvgIpc) is 1.85. The molecule has 1 rings (SSSR count). The number of anilines is 2. The maximum absolute atomic E-state index is 12.6. The van der Waals surface area contributed by atoms with Crippen molar-refractivity contribution in [2.45, 2.75) is 0 Å². The third-order valence-corrected chi connectivity index (χ3v) is 1.81. The highest BCUT2D eigenvalue weighted by molar-refractivity contribution is 9.10. The summed E-state index contributed by atoms with van der Waals surface area (Å²) in [5.41, 5.74) is 6.31. The van der Waals surface area contributed by atoms with E-state index in [4.69, 9.17) is 5.73 Å². The van der Waals surface area contributed by atoms with E-state index in [-0.39, 0.29) is 0 Å². The van der Waals surface area contributed by atoms with Crippen LogP contribution in [0.4, 0.5) is 15.9 Å². The van der Waals surface area contributed by atoms with Crippen LogP contribution in [0.25, 0.3) is 0 Å². The Bertz CT molecular complexity index is 263. The molecule has 2 nitrogen and oxygen atoms in total. The molecule has 0 unspecified atom stereocenters. The molecular formula is C7H8BrFN2. The molecule has 4 heteroatoms. The molecule has 0 aliphatic carbocycles. The van der Waals surface area contributed by atoms with Gasteiger partial charge in [0.05, 0.1) is 11.4 Å². The fourth-order valence-electron chi connectivity index (χ4n) is 0.806. The van der Waals surface area contributed by atoms with Crippen LogP contribution in [0.3, 0.4) is 0 Å². The number of rotatable bonds is 1. The van der Waals surface area contributed by atoms with Gasteiger partial charge in [-0.3, -0.25) is 0 Å². The standard InChI is InChI=1S/C7H8BrFN2/c1-11(9)7-3-2-5(8)4-6(7)10/h2-4H,10H2,1H3. The van der Waals surface area contributed by atoms with Crippen LogP contribution < -0.4 is 10.9 Å². The number of nitrogens with two attached hydrogens (primary N) is 1. The number of hydrogen-bond donors (Lipinski definition) is 1. The highest BCUT2D eigenvalue weighted by atomic mass is 79.9. The summed E-state index contributed by atoms with van der Waals surface area (Å²) in [6.45, 7) is 0. The van der Waals surface area contributed by atoms with Gasteiger partial charge in [-0.05, 0) is 18.2 Å². The van der Waals surface area contributed by atoms with Crippen LogP contribution >= 0.6 is 15.9 Å². The van der Waals surface area contributed by atoms with E-state index < -0.39 is 0 Å². The Kier molecular flexibility index (Phi) is 2.34. The maximum Gasteiger partial charge on any atom is 0.0914 e. The van der Waals surface area contributed by atoms with Gasteiger partial charge >= 0.3 is 0 Å². The minimum absolute atomic E-state index is 0.383. The van der Waals surface area contributed by atoms with Crippen molar-refractivity contribution in [2.24, 2.45) is 0 Å². The number of hydrogen-bond acceptors (Lipinski definition) is 2. The quantitative estimate of drug-likeness (QED) is 0.580. The van der Waals surface area contributed by atoms with Gasteiger partial charge in [-0.2, -0.15) is 0 Å². The molecule has 0 spiro atoms. The number of nitrogens with zero attached hydrogens (tertiary/aromatic N) is 1. The second-order valence-corrected chi connectivity index (χ2v) is 3.10. The van der Waals surface area contributed by atoms with Crippen molar-refractivity contribution < 1.29 is 4.48 Å². The molecule has 0 aliphatic rings. The van der Waals surface area contributed by atoms with Crippen LogP contribution in [-0.2, 0) is 0 Å². The SMILES string of the molecule is CN(F)c1ccc(Br)cc1N. The fourth-order valence-corrected chi connectivity index (χ4v) is 1.18. The molecule has 0 radical (unpaired) electrons. The van der Waals surface area contributed by atoms with E-state index >= 15 is 0 Å². The van der Waals surface area contributed by atoms with Crippen LogP contribution in [-0.4, -0.2) is 7.05 Å². The number of halogens is 2. The van der Waals surface area contributed by atoms with Gasteiger partial charge in [0.2, 0.25) is 0 Å². The monoisotopic (exact) mass is 218 g/mol. The van der Waals surface area contributed by atoms with Gasteiger partial charge in [0.25, 0.3) is 0 Å². The van der Waals surface area contributed by atoms with Gasteiger partial charge in [-0.1, -0.05) is 15.9 Å². The second-order valence-electron chi connectivity index (χ2n) is 2.18. The predicted octanol–water partition coefficient (Wildman–Crippen LogP) is 2.35. The molecule has 60 valence electrons. The summed E-state index contributed by atoms with van der Waals surface area (Å²) in [4.78, 5) is 0. The molecule has 2 N–H and O–H groups in total. The van der Waals surface area contributed by atoms with Crippen LogP contribution in [0.2, 0.25) is 0 Å². The molecule has 0 saturated heterocycles. The predicted molar refractivity (Wildman–Crippen MR) is 48.1 cm³/mol. The molecule has 0 saturated carbocycles. The molecule has 0 amide bonds. The lowest BCUT2D eigenvalue weighted by atomic mass is 10.3. The second kappa shape index (κ2) is 3.09. The summed E-state index contributed by atoms with van der Waals surface area (Å²) in [6, 6.07) is 5.01. The molecule has 0 heterocycles. The lowest BCUT2D eigenvalue weighted by Crippen LogP contribution is -2.05. The van der Waals surface area contributed by atoms with Crippen LogP contribution in [0, 0.1) is 0 Å². The topological polar surface area (TPSA) is 29.3 Å². The molecule has 0 aromatic heterocycles. The van der Waals surface area contributed by atoms with E-state index in [0.717, 1.165) is 4.47 Å². The third kappa shape index (κ3) is 1.83. The zero-order valence-electron chi connectivity index (χ0n) is 6.01. The molecule has 11 heavy (non-hydrogen) atoms. The van der Waals surface area contributed by atoms with Crippen molar-refractivity contribution >= 4 is 27.3 Å². The Hall–Kier alpha value is -0.770. The van der Waals surface area contributed by atoms with Gasteiger partial charge in [-0.25, -0.2) is 5.12 Å². The minimum Gasteiger partial charge on any atom is -0.397 e. The van der Waals surface area contributed by atoms with Crippen LogP contribution in [0.5, 0.6) is 0 Å². The van der Waals surface area contributed by atoms with E-state index in [1.807, 2.05) is 0 Å².